The predicted octanol–water partition coefficient (Wildman–Crippen LogP) is 1.33. The van der Waals surface area contributed by atoms with Gasteiger partial charge in [-0.3, -0.25) is 9.78 Å². The molecule has 0 spiro atoms. The van der Waals surface area contributed by atoms with E-state index in [0.717, 1.165) is 16.5 Å². The van der Waals surface area contributed by atoms with Gasteiger partial charge >= 0.3 is 0 Å². The van der Waals surface area contributed by atoms with E-state index >= 15 is 0 Å². The van der Waals surface area contributed by atoms with Crippen LogP contribution in [0.1, 0.15) is 12.0 Å². The van der Waals surface area contributed by atoms with Crippen molar-refractivity contribution in [2.24, 2.45) is 0 Å². The normalized spacial score (nSPS) is 19.7. The Labute approximate surface area is 105 Å². The molecule has 0 saturated carbocycles. The smallest absolute Gasteiger partial charge is 0.225 e. The Morgan fingerprint density at radius 2 is 2.17 bits per heavy atom. The van der Waals surface area contributed by atoms with Crippen molar-refractivity contribution in [1.29, 1.82) is 0 Å². The number of hydrogen-bond donors (Lipinski definition) is 1. The van der Waals surface area contributed by atoms with Gasteiger partial charge < -0.3 is 10.0 Å². The van der Waals surface area contributed by atoms with E-state index < -0.39 is 6.10 Å². The second kappa shape index (κ2) is 4.38. The van der Waals surface area contributed by atoms with Crippen molar-refractivity contribution in [3.8, 4) is 0 Å². The molecular weight excluding hydrogens is 228 g/mol. The number of aromatic nitrogens is 1. The topological polar surface area (TPSA) is 53.4 Å². The summed E-state index contributed by atoms with van der Waals surface area (Å²) in [5.41, 5.74) is 2.00. The molecule has 1 aromatic carbocycles. The first-order valence-corrected chi connectivity index (χ1v) is 6.02. The summed E-state index contributed by atoms with van der Waals surface area (Å²) in [6.07, 6.45) is 1.48. The number of nitrogens with zero attached hydrogens (tertiary/aromatic N) is 2. The van der Waals surface area contributed by atoms with E-state index in [1.165, 1.54) is 0 Å². The quantitative estimate of drug-likeness (QED) is 0.864. The lowest BCUT2D eigenvalue weighted by Gasteiger charge is -2.16. The fourth-order valence-corrected chi connectivity index (χ4v) is 2.40. The molecule has 1 aromatic heterocycles. The number of benzene rings is 1. The minimum atomic E-state index is -0.523. The number of carbonyl (C=O) groups is 1. The van der Waals surface area contributed by atoms with Crippen LogP contribution >= 0.6 is 0 Å². The van der Waals surface area contributed by atoms with Gasteiger partial charge in [-0.15, -0.1) is 0 Å². The van der Waals surface area contributed by atoms with Crippen LogP contribution in [0, 0.1) is 0 Å². The number of hydrogen-bond acceptors (Lipinski definition) is 3. The Kier molecular flexibility index (Phi) is 2.72. The zero-order chi connectivity index (χ0) is 12.5. The number of carbonyl (C=O) groups excluding carboxylic acids is 1. The number of aliphatic hydroxyl groups is 1. The van der Waals surface area contributed by atoms with Gasteiger partial charge in [0.1, 0.15) is 0 Å². The lowest BCUT2D eigenvalue weighted by Crippen LogP contribution is -2.25. The van der Waals surface area contributed by atoms with Crippen molar-refractivity contribution >= 4 is 16.8 Å². The summed E-state index contributed by atoms with van der Waals surface area (Å²) in [7, 11) is 0. The standard InChI is InChI=1S/C14H14N2O2/c17-11-7-14(18)16(9-11)8-10-5-6-15-13-4-2-1-3-12(10)13/h1-6,11,17H,7-9H2. The fraction of sp³-hybridized carbons (Fsp3) is 0.286. The number of amides is 1. The number of para-hydroxylation sites is 1. The minimum absolute atomic E-state index is 0.0170. The van der Waals surface area contributed by atoms with Crippen LogP contribution in [-0.2, 0) is 11.3 Å². The molecule has 1 fully saturated rings. The van der Waals surface area contributed by atoms with Crippen LogP contribution in [0.2, 0.25) is 0 Å². The second-order valence-electron chi connectivity index (χ2n) is 4.62. The Bertz CT molecular complexity index is 592. The van der Waals surface area contributed by atoms with Gasteiger partial charge in [0.2, 0.25) is 5.91 Å². The molecule has 0 bridgehead atoms. The van der Waals surface area contributed by atoms with Gasteiger partial charge in [0.15, 0.2) is 0 Å². The lowest BCUT2D eigenvalue weighted by atomic mass is 10.1. The number of fused-ring (bicyclic) bond motifs is 1. The second-order valence-corrected chi connectivity index (χ2v) is 4.62. The van der Waals surface area contributed by atoms with Crippen LogP contribution in [0.3, 0.4) is 0 Å². The summed E-state index contributed by atoms with van der Waals surface area (Å²) in [5.74, 6) is 0.0170. The zero-order valence-corrected chi connectivity index (χ0v) is 9.91. The zero-order valence-electron chi connectivity index (χ0n) is 9.91. The summed E-state index contributed by atoms with van der Waals surface area (Å²) in [6.45, 7) is 0.967. The number of pyridine rings is 1. The fourth-order valence-electron chi connectivity index (χ4n) is 2.40. The van der Waals surface area contributed by atoms with E-state index in [1.807, 2.05) is 30.3 Å². The molecular formula is C14H14N2O2. The predicted molar refractivity (Wildman–Crippen MR) is 67.8 cm³/mol. The molecule has 0 radical (unpaired) electrons. The van der Waals surface area contributed by atoms with Gasteiger partial charge in [-0.1, -0.05) is 18.2 Å². The van der Waals surface area contributed by atoms with Crippen molar-refractivity contribution in [3.63, 3.8) is 0 Å². The summed E-state index contributed by atoms with van der Waals surface area (Å²) >= 11 is 0. The molecule has 3 rings (SSSR count). The van der Waals surface area contributed by atoms with Gasteiger partial charge in [-0.25, -0.2) is 0 Å². The molecule has 1 aliphatic rings. The molecule has 1 amide bonds. The van der Waals surface area contributed by atoms with Crippen molar-refractivity contribution in [1.82, 2.24) is 9.88 Å². The van der Waals surface area contributed by atoms with E-state index in [9.17, 15) is 9.90 Å². The van der Waals surface area contributed by atoms with Gasteiger partial charge in [-0.05, 0) is 17.7 Å². The summed E-state index contributed by atoms with van der Waals surface area (Å²) in [4.78, 5) is 17.7. The van der Waals surface area contributed by atoms with E-state index in [2.05, 4.69) is 4.98 Å². The molecule has 2 aromatic rings. The van der Waals surface area contributed by atoms with Gasteiger partial charge in [0.25, 0.3) is 0 Å². The van der Waals surface area contributed by atoms with Crippen molar-refractivity contribution in [2.75, 3.05) is 6.54 Å². The maximum absolute atomic E-state index is 11.7. The van der Waals surface area contributed by atoms with Gasteiger partial charge in [-0.2, -0.15) is 0 Å². The molecule has 1 N–H and O–H groups in total. The van der Waals surface area contributed by atoms with Crippen molar-refractivity contribution < 1.29 is 9.90 Å². The highest BCUT2D eigenvalue weighted by Gasteiger charge is 2.27. The Morgan fingerprint density at radius 1 is 1.33 bits per heavy atom. The highest BCUT2D eigenvalue weighted by atomic mass is 16.3. The number of likely N-dealkylation sites (tertiary alicyclic amines) is 1. The number of β-amino-alcohol motifs (C(OH)–C–C–N with tert-alkyl or cyclic N) is 1. The summed E-state index contributed by atoms with van der Waals surface area (Å²) < 4.78 is 0. The first kappa shape index (κ1) is 11.2. The Balaban J connectivity index is 1.93. The Morgan fingerprint density at radius 3 is 2.94 bits per heavy atom. The summed E-state index contributed by atoms with van der Waals surface area (Å²) in [5, 5.41) is 10.6. The molecule has 0 aliphatic carbocycles. The minimum Gasteiger partial charge on any atom is -0.391 e. The van der Waals surface area contributed by atoms with Crippen LogP contribution in [0.15, 0.2) is 36.5 Å². The molecule has 4 heteroatoms. The monoisotopic (exact) mass is 242 g/mol. The molecule has 4 nitrogen and oxygen atoms in total. The maximum Gasteiger partial charge on any atom is 0.225 e. The third-order valence-corrected chi connectivity index (χ3v) is 3.29. The van der Waals surface area contributed by atoms with E-state index in [-0.39, 0.29) is 12.3 Å². The van der Waals surface area contributed by atoms with Gasteiger partial charge in [0.05, 0.1) is 18.0 Å². The lowest BCUT2D eigenvalue weighted by molar-refractivity contribution is -0.128. The maximum atomic E-state index is 11.7. The van der Waals surface area contributed by atoms with Crippen LogP contribution in [0.4, 0.5) is 0 Å². The van der Waals surface area contributed by atoms with E-state index in [4.69, 9.17) is 0 Å². The summed E-state index contributed by atoms with van der Waals surface area (Å²) in [6, 6.07) is 9.81. The third-order valence-electron chi connectivity index (χ3n) is 3.29. The van der Waals surface area contributed by atoms with Crippen LogP contribution in [-0.4, -0.2) is 33.5 Å². The molecule has 1 aliphatic heterocycles. The van der Waals surface area contributed by atoms with E-state index in [1.54, 1.807) is 11.1 Å². The Hall–Kier alpha value is -1.94. The highest BCUT2D eigenvalue weighted by Crippen LogP contribution is 2.20. The molecule has 1 saturated heterocycles. The van der Waals surface area contributed by atoms with Crippen LogP contribution in [0.5, 0.6) is 0 Å². The van der Waals surface area contributed by atoms with Crippen molar-refractivity contribution in [2.45, 2.75) is 19.1 Å². The SMILES string of the molecule is O=C1CC(O)CN1Cc1ccnc2ccccc12. The van der Waals surface area contributed by atoms with Gasteiger partial charge in [0, 0.05) is 24.7 Å². The molecule has 1 atom stereocenters. The number of aliphatic hydroxyl groups excluding tert-OH is 1. The van der Waals surface area contributed by atoms with E-state index in [0.29, 0.717) is 13.1 Å². The van der Waals surface area contributed by atoms with Crippen LogP contribution < -0.4 is 0 Å². The average Bonchev–Trinajstić information content (AvgIpc) is 2.68. The molecule has 1 unspecified atom stereocenters. The molecule has 2 heterocycles. The molecule has 18 heavy (non-hydrogen) atoms. The average molecular weight is 242 g/mol. The largest absolute Gasteiger partial charge is 0.391 e. The van der Waals surface area contributed by atoms with Crippen molar-refractivity contribution in [3.05, 3.63) is 42.1 Å². The van der Waals surface area contributed by atoms with Crippen LogP contribution in [0.25, 0.3) is 10.9 Å². The first-order valence-electron chi connectivity index (χ1n) is 6.02. The third kappa shape index (κ3) is 1.95. The first-order chi connectivity index (χ1) is 8.74. The highest BCUT2D eigenvalue weighted by molar-refractivity contribution is 5.83. The molecule has 92 valence electrons. The number of rotatable bonds is 2.